The highest BCUT2D eigenvalue weighted by Crippen LogP contribution is 2.51. The van der Waals surface area contributed by atoms with E-state index in [0.29, 0.717) is 0 Å². The standard InChI is InChI=1S/C55H41N/c1-55(2)52-24-10-8-22-50(52)51-35-34-46(37-53(51)55)56(54-25-11-9-21-49(54)42-28-26-39(27-29-42)38-14-4-3-5-15-38)45-32-30-40(31-33-45)43-18-12-19-44(36-43)48-23-13-17-41-16-6-7-20-47(41)48/h3-37H,1-2H3. The number of nitrogens with zero attached hydrogens (tertiary/aromatic N) is 1. The van der Waals surface area contributed by atoms with Gasteiger partial charge in [-0.15, -0.1) is 0 Å². The topological polar surface area (TPSA) is 3.24 Å². The first-order valence-corrected chi connectivity index (χ1v) is 19.5. The summed E-state index contributed by atoms with van der Waals surface area (Å²) in [7, 11) is 0. The molecule has 56 heavy (non-hydrogen) atoms. The van der Waals surface area contributed by atoms with E-state index in [1.807, 2.05) is 0 Å². The Morgan fingerprint density at radius 2 is 0.857 bits per heavy atom. The number of fused-ring (bicyclic) bond motifs is 4. The molecule has 0 amide bonds. The summed E-state index contributed by atoms with van der Waals surface area (Å²) in [6.07, 6.45) is 0. The summed E-state index contributed by atoms with van der Waals surface area (Å²) in [5, 5.41) is 2.53. The first-order valence-electron chi connectivity index (χ1n) is 19.5. The number of anilines is 3. The third-order valence-electron chi connectivity index (χ3n) is 11.7. The maximum atomic E-state index is 2.44. The summed E-state index contributed by atoms with van der Waals surface area (Å²) < 4.78 is 0. The van der Waals surface area contributed by atoms with Crippen LogP contribution in [-0.2, 0) is 5.41 Å². The van der Waals surface area contributed by atoms with E-state index >= 15 is 0 Å². The molecule has 0 heterocycles. The number of rotatable bonds is 7. The van der Waals surface area contributed by atoms with Gasteiger partial charge in [0, 0.05) is 22.4 Å². The third-order valence-corrected chi connectivity index (χ3v) is 11.7. The number of hydrogen-bond acceptors (Lipinski definition) is 1. The van der Waals surface area contributed by atoms with Crippen molar-refractivity contribution in [2.24, 2.45) is 0 Å². The predicted molar refractivity (Wildman–Crippen MR) is 238 cm³/mol. The van der Waals surface area contributed by atoms with Gasteiger partial charge in [0.25, 0.3) is 0 Å². The number of benzene rings is 9. The minimum absolute atomic E-state index is 0.112. The van der Waals surface area contributed by atoms with E-state index in [0.717, 1.165) is 17.1 Å². The molecule has 0 saturated heterocycles. The average Bonchev–Trinajstić information content (AvgIpc) is 3.49. The molecule has 0 aromatic heterocycles. The van der Waals surface area contributed by atoms with Gasteiger partial charge in [-0.2, -0.15) is 0 Å². The first-order chi connectivity index (χ1) is 27.5. The lowest BCUT2D eigenvalue weighted by Gasteiger charge is -2.30. The van der Waals surface area contributed by atoms with Crippen molar-refractivity contribution in [1.29, 1.82) is 0 Å². The molecule has 9 aromatic carbocycles. The van der Waals surface area contributed by atoms with Crippen molar-refractivity contribution in [1.82, 2.24) is 0 Å². The molecule has 0 fully saturated rings. The molecule has 0 saturated carbocycles. The fourth-order valence-corrected chi connectivity index (χ4v) is 8.79. The SMILES string of the molecule is CC1(C)c2ccccc2-c2ccc(N(c3ccc(-c4cccc(-c5cccc6ccccc56)c4)cc3)c3ccccc3-c3ccc(-c4ccccc4)cc3)cc21. The highest BCUT2D eigenvalue weighted by atomic mass is 15.1. The van der Waals surface area contributed by atoms with E-state index in [2.05, 4.69) is 231 Å². The van der Waals surface area contributed by atoms with Crippen LogP contribution in [0.15, 0.2) is 212 Å². The molecule has 10 rings (SSSR count). The van der Waals surface area contributed by atoms with Crippen LogP contribution in [0.25, 0.3) is 66.4 Å². The lowest BCUT2D eigenvalue weighted by atomic mass is 9.82. The van der Waals surface area contributed by atoms with Crippen molar-refractivity contribution in [3.63, 3.8) is 0 Å². The van der Waals surface area contributed by atoms with Crippen LogP contribution in [0, 0.1) is 0 Å². The van der Waals surface area contributed by atoms with Gasteiger partial charge in [-0.3, -0.25) is 0 Å². The van der Waals surface area contributed by atoms with Crippen molar-refractivity contribution >= 4 is 27.8 Å². The quantitative estimate of drug-likeness (QED) is 0.159. The van der Waals surface area contributed by atoms with Crippen LogP contribution in [0.3, 0.4) is 0 Å². The molecule has 0 aliphatic heterocycles. The Morgan fingerprint density at radius 3 is 1.70 bits per heavy atom. The van der Waals surface area contributed by atoms with E-state index in [-0.39, 0.29) is 5.41 Å². The minimum Gasteiger partial charge on any atom is -0.310 e. The predicted octanol–water partition coefficient (Wildman–Crippen LogP) is 15.3. The van der Waals surface area contributed by atoms with Gasteiger partial charge in [0.15, 0.2) is 0 Å². The molecule has 1 heteroatoms. The van der Waals surface area contributed by atoms with Crippen LogP contribution in [0.2, 0.25) is 0 Å². The largest absolute Gasteiger partial charge is 0.310 e. The highest BCUT2D eigenvalue weighted by molar-refractivity contribution is 5.97. The molecule has 9 aromatic rings. The zero-order valence-electron chi connectivity index (χ0n) is 31.7. The van der Waals surface area contributed by atoms with E-state index < -0.39 is 0 Å². The van der Waals surface area contributed by atoms with Crippen molar-refractivity contribution in [3.8, 4) is 55.6 Å². The lowest BCUT2D eigenvalue weighted by molar-refractivity contribution is 0.660. The molecular weight excluding hydrogens is 675 g/mol. The Kier molecular flexibility index (Phi) is 8.23. The van der Waals surface area contributed by atoms with Crippen molar-refractivity contribution < 1.29 is 0 Å². The van der Waals surface area contributed by atoms with Crippen molar-refractivity contribution in [3.05, 3.63) is 223 Å². The second-order valence-corrected chi connectivity index (χ2v) is 15.4. The molecular formula is C55H41N. The van der Waals surface area contributed by atoms with Crippen LogP contribution < -0.4 is 4.90 Å². The minimum atomic E-state index is -0.112. The molecule has 0 atom stereocenters. The summed E-state index contributed by atoms with van der Waals surface area (Å²) in [6, 6.07) is 77.6. The number of para-hydroxylation sites is 1. The second-order valence-electron chi connectivity index (χ2n) is 15.4. The molecule has 0 radical (unpaired) electrons. The maximum Gasteiger partial charge on any atom is 0.0540 e. The lowest BCUT2D eigenvalue weighted by Crippen LogP contribution is -2.16. The monoisotopic (exact) mass is 715 g/mol. The van der Waals surface area contributed by atoms with Gasteiger partial charge >= 0.3 is 0 Å². The zero-order chi connectivity index (χ0) is 37.6. The highest BCUT2D eigenvalue weighted by Gasteiger charge is 2.35. The Hall–Kier alpha value is -6.96. The van der Waals surface area contributed by atoms with E-state index in [1.54, 1.807) is 0 Å². The Balaban J connectivity index is 1.08. The van der Waals surface area contributed by atoms with E-state index in [4.69, 9.17) is 0 Å². The van der Waals surface area contributed by atoms with Gasteiger partial charge < -0.3 is 4.90 Å². The van der Waals surface area contributed by atoms with Crippen LogP contribution in [0.1, 0.15) is 25.0 Å². The first kappa shape index (κ1) is 33.6. The Labute approximate surface area is 329 Å². The maximum absolute atomic E-state index is 2.44. The second kappa shape index (κ2) is 13.7. The van der Waals surface area contributed by atoms with E-state index in [1.165, 1.54) is 77.5 Å². The Morgan fingerprint density at radius 1 is 0.321 bits per heavy atom. The van der Waals surface area contributed by atoms with Crippen LogP contribution >= 0.6 is 0 Å². The molecule has 0 bridgehead atoms. The molecule has 1 aliphatic rings. The summed E-state index contributed by atoms with van der Waals surface area (Å²) in [5.41, 5.74) is 18.3. The van der Waals surface area contributed by atoms with Crippen molar-refractivity contribution in [2.75, 3.05) is 4.90 Å². The molecule has 0 spiro atoms. The van der Waals surface area contributed by atoms with Gasteiger partial charge in [0.2, 0.25) is 0 Å². The van der Waals surface area contributed by atoms with Gasteiger partial charge in [-0.25, -0.2) is 0 Å². The average molecular weight is 716 g/mol. The summed E-state index contributed by atoms with van der Waals surface area (Å²) in [6.45, 7) is 4.71. The summed E-state index contributed by atoms with van der Waals surface area (Å²) in [4.78, 5) is 2.44. The third kappa shape index (κ3) is 5.81. The fourth-order valence-electron chi connectivity index (χ4n) is 8.79. The van der Waals surface area contributed by atoms with Crippen molar-refractivity contribution in [2.45, 2.75) is 19.3 Å². The molecule has 266 valence electrons. The molecule has 0 N–H and O–H groups in total. The molecule has 1 aliphatic carbocycles. The molecule has 0 unspecified atom stereocenters. The summed E-state index contributed by atoms with van der Waals surface area (Å²) in [5.74, 6) is 0. The van der Waals surface area contributed by atoms with Gasteiger partial charge in [0.05, 0.1) is 5.69 Å². The van der Waals surface area contributed by atoms with Gasteiger partial charge in [-0.1, -0.05) is 190 Å². The van der Waals surface area contributed by atoms with Gasteiger partial charge in [-0.05, 0) is 108 Å². The molecule has 1 nitrogen and oxygen atoms in total. The zero-order valence-corrected chi connectivity index (χ0v) is 31.7. The van der Waals surface area contributed by atoms with E-state index in [9.17, 15) is 0 Å². The number of hydrogen-bond donors (Lipinski definition) is 0. The normalized spacial score (nSPS) is 12.6. The van der Waals surface area contributed by atoms with Gasteiger partial charge in [0.1, 0.15) is 0 Å². The van der Waals surface area contributed by atoms with Crippen LogP contribution in [0.5, 0.6) is 0 Å². The smallest absolute Gasteiger partial charge is 0.0540 e. The Bertz CT molecular complexity index is 2860. The summed E-state index contributed by atoms with van der Waals surface area (Å²) >= 11 is 0. The fraction of sp³-hybridized carbons (Fsp3) is 0.0545. The van der Waals surface area contributed by atoms with Crippen LogP contribution in [0.4, 0.5) is 17.1 Å². The van der Waals surface area contributed by atoms with Crippen LogP contribution in [-0.4, -0.2) is 0 Å².